The molecule has 1 aromatic rings. The smallest absolute Gasteiger partial charge is 0.418 e. The van der Waals surface area contributed by atoms with Crippen LogP contribution in [0.15, 0.2) is 12.1 Å². The molecule has 3 nitrogen and oxygen atoms in total. The molecule has 0 N–H and O–H groups in total. The van der Waals surface area contributed by atoms with E-state index >= 15 is 0 Å². The molecule has 0 amide bonds. The molecule has 1 aromatic carbocycles. The molecule has 0 unspecified atom stereocenters. The quantitative estimate of drug-likeness (QED) is 0.631. The first-order chi connectivity index (χ1) is 9.23. The number of benzene rings is 1. The molecular weight excluding hydrogens is 285 g/mol. The number of nitrogens with zero attached hydrogens (tertiary/aromatic N) is 1. The second-order valence-electron chi connectivity index (χ2n) is 3.58. The molecule has 0 aromatic heterocycles. The molecule has 0 aliphatic heterocycles. The lowest BCUT2D eigenvalue weighted by atomic mass is 9.96. The van der Waals surface area contributed by atoms with Crippen molar-refractivity contribution in [1.82, 2.24) is 0 Å². The van der Waals surface area contributed by atoms with E-state index < -0.39 is 40.8 Å². The highest BCUT2D eigenvalue weighted by molar-refractivity contribution is 5.94. The van der Waals surface area contributed by atoms with Crippen molar-refractivity contribution in [3.8, 4) is 6.07 Å². The van der Waals surface area contributed by atoms with Crippen molar-refractivity contribution in [2.24, 2.45) is 0 Å². The summed E-state index contributed by atoms with van der Waals surface area (Å²) in [5.41, 5.74) is -5.04. The zero-order chi connectivity index (χ0) is 15.5. The van der Waals surface area contributed by atoms with E-state index in [-0.39, 0.29) is 6.61 Å². The van der Waals surface area contributed by atoms with Crippen molar-refractivity contribution in [2.45, 2.75) is 19.5 Å². The largest absolute Gasteiger partial charge is 0.462 e. The summed E-state index contributed by atoms with van der Waals surface area (Å²) in [6, 6.07) is 2.45. The first kappa shape index (κ1) is 15.9. The maximum atomic E-state index is 12.9. The van der Waals surface area contributed by atoms with Gasteiger partial charge in [-0.25, -0.2) is 13.6 Å². The van der Waals surface area contributed by atoms with Crippen LogP contribution in [0.1, 0.15) is 40.4 Å². The number of alkyl halides is 5. The molecule has 8 heteroatoms. The molecule has 0 saturated carbocycles. The third kappa shape index (κ3) is 3.04. The van der Waals surface area contributed by atoms with Crippen LogP contribution < -0.4 is 0 Å². The van der Waals surface area contributed by atoms with Crippen molar-refractivity contribution in [1.29, 1.82) is 5.26 Å². The van der Waals surface area contributed by atoms with Gasteiger partial charge in [-0.15, -0.1) is 0 Å². The van der Waals surface area contributed by atoms with Gasteiger partial charge in [0.2, 0.25) is 0 Å². The number of esters is 1. The molecular formula is C12H8F5NO2. The van der Waals surface area contributed by atoms with Crippen molar-refractivity contribution in [2.75, 3.05) is 6.61 Å². The van der Waals surface area contributed by atoms with Crippen LogP contribution in [-0.2, 0) is 10.9 Å². The topological polar surface area (TPSA) is 50.1 Å². The molecule has 20 heavy (non-hydrogen) atoms. The second kappa shape index (κ2) is 5.86. The lowest BCUT2D eigenvalue weighted by molar-refractivity contribution is -0.138. The number of hydrogen-bond acceptors (Lipinski definition) is 3. The van der Waals surface area contributed by atoms with Gasteiger partial charge < -0.3 is 4.74 Å². The molecule has 0 heterocycles. The van der Waals surface area contributed by atoms with Crippen LogP contribution in [0, 0.1) is 11.3 Å². The summed E-state index contributed by atoms with van der Waals surface area (Å²) in [6.45, 7) is 1.04. The fourth-order valence-corrected chi connectivity index (χ4v) is 1.61. The molecule has 0 spiro atoms. The maximum absolute atomic E-state index is 12.9. The summed E-state index contributed by atoms with van der Waals surface area (Å²) in [5, 5.41) is 8.66. The Labute approximate surface area is 110 Å². The van der Waals surface area contributed by atoms with Gasteiger partial charge in [0.15, 0.2) is 0 Å². The molecule has 0 fully saturated rings. The number of rotatable bonds is 3. The highest BCUT2D eigenvalue weighted by Crippen LogP contribution is 2.38. The van der Waals surface area contributed by atoms with Crippen LogP contribution in [-0.4, -0.2) is 12.6 Å². The first-order valence-electron chi connectivity index (χ1n) is 5.33. The third-order valence-corrected chi connectivity index (χ3v) is 2.36. The minimum atomic E-state index is -5.13. The number of carbonyl (C=O) groups is 1. The highest BCUT2D eigenvalue weighted by atomic mass is 19.4. The first-order valence-corrected chi connectivity index (χ1v) is 5.33. The molecule has 0 aliphatic rings. The summed E-state index contributed by atoms with van der Waals surface area (Å²) in [5.74, 6) is -1.53. The van der Waals surface area contributed by atoms with Crippen molar-refractivity contribution >= 4 is 5.97 Å². The van der Waals surface area contributed by atoms with Crippen LogP contribution >= 0.6 is 0 Å². The predicted molar refractivity (Wildman–Crippen MR) is 57.1 cm³/mol. The van der Waals surface area contributed by atoms with Crippen molar-refractivity contribution in [3.05, 3.63) is 34.4 Å². The van der Waals surface area contributed by atoms with Gasteiger partial charge in [-0.3, -0.25) is 0 Å². The summed E-state index contributed by atoms with van der Waals surface area (Å²) < 4.78 is 68.7. The van der Waals surface area contributed by atoms with Crippen LogP contribution in [0.5, 0.6) is 0 Å². The van der Waals surface area contributed by atoms with Gasteiger partial charge in [0.1, 0.15) is 0 Å². The Bertz CT molecular complexity index is 560. The second-order valence-corrected chi connectivity index (χ2v) is 3.58. The normalized spacial score (nSPS) is 11.3. The van der Waals surface area contributed by atoms with Gasteiger partial charge in [-0.2, -0.15) is 18.4 Å². The Morgan fingerprint density at radius 3 is 2.40 bits per heavy atom. The van der Waals surface area contributed by atoms with E-state index in [1.54, 1.807) is 0 Å². The average Bonchev–Trinajstić information content (AvgIpc) is 2.35. The fraction of sp³-hybridized carbons (Fsp3) is 0.333. The predicted octanol–water partition coefficient (Wildman–Crippen LogP) is 3.69. The Hall–Kier alpha value is -2.17. The summed E-state index contributed by atoms with van der Waals surface area (Å²) >= 11 is 0. The van der Waals surface area contributed by atoms with Gasteiger partial charge in [0, 0.05) is 5.56 Å². The van der Waals surface area contributed by atoms with Crippen molar-refractivity contribution in [3.63, 3.8) is 0 Å². The van der Waals surface area contributed by atoms with E-state index in [0.717, 1.165) is 0 Å². The lowest BCUT2D eigenvalue weighted by Gasteiger charge is -2.16. The molecule has 1 rings (SSSR count). The van der Waals surface area contributed by atoms with E-state index in [2.05, 4.69) is 4.74 Å². The Morgan fingerprint density at radius 1 is 1.40 bits per heavy atom. The van der Waals surface area contributed by atoms with E-state index in [1.165, 1.54) is 13.0 Å². The van der Waals surface area contributed by atoms with E-state index in [4.69, 9.17) is 5.26 Å². The molecule has 0 saturated heterocycles. The zero-order valence-electron chi connectivity index (χ0n) is 10.1. The summed E-state index contributed by atoms with van der Waals surface area (Å²) in [7, 11) is 0. The Kier molecular flexibility index (Phi) is 4.65. The van der Waals surface area contributed by atoms with E-state index in [1.807, 2.05) is 0 Å². The molecule has 0 radical (unpaired) electrons. The number of carbonyl (C=O) groups excluding carboxylic acids is 1. The SMILES string of the molecule is CCOC(=O)c1c(C(F)F)ccc(C#N)c1C(F)(F)F. The third-order valence-electron chi connectivity index (χ3n) is 2.36. The standard InChI is InChI=1S/C12H8F5NO2/c1-2-20-11(19)8-7(10(13)14)4-3-6(5-18)9(8)12(15,16)17/h3-4,10H,2H2,1H3. The average molecular weight is 293 g/mol. The van der Waals surface area contributed by atoms with Gasteiger partial charge in [-0.1, -0.05) is 6.07 Å². The monoisotopic (exact) mass is 293 g/mol. The zero-order valence-corrected chi connectivity index (χ0v) is 10.1. The van der Waals surface area contributed by atoms with Crippen LogP contribution in [0.4, 0.5) is 22.0 Å². The van der Waals surface area contributed by atoms with Gasteiger partial charge in [0.25, 0.3) is 6.43 Å². The lowest BCUT2D eigenvalue weighted by Crippen LogP contribution is -2.19. The van der Waals surface area contributed by atoms with Crippen LogP contribution in [0.3, 0.4) is 0 Å². The highest BCUT2D eigenvalue weighted by Gasteiger charge is 2.41. The Balaban J connectivity index is 3.71. The number of hydrogen-bond donors (Lipinski definition) is 0. The van der Waals surface area contributed by atoms with Gasteiger partial charge >= 0.3 is 12.1 Å². The van der Waals surface area contributed by atoms with Crippen molar-refractivity contribution < 1.29 is 31.5 Å². The van der Waals surface area contributed by atoms with Crippen LogP contribution in [0.25, 0.3) is 0 Å². The van der Waals surface area contributed by atoms with E-state index in [9.17, 15) is 26.7 Å². The number of nitriles is 1. The van der Waals surface area contributed by atoms with Crippen LogP contribution in [0.2, 0.25) is 0 Å². The Morgan fingerprint density at radius 2 is 2.00 bits per heavy atom. The van der Waals surface area contributed by atoms with E-state index in [0.29, 0.717) is 12.1 Å². The molecule has 0 atom stereocenters. The van der Waals surface area contributed by atoms with Gasteiger partial charge in [-0.05, 0) is 13.0 Å². The minimum absolute atomic E-state index is 0.282. The molecule has 0 aliphatic carbocycles. The summed E-state index contributed by atoms with van der Waals surface area (Å²) in [4.78, 5) is 11.5. The maximum Gasteiger partial charge on any atom is 0.418 e. The number of ether oxygens (including phenoxy) is 1. The fourth-order valence-electron chi connectivity index (χ4n) is 1.61. The molecule has 108 valence electrons. The summed E-state index contributed by atoms with van der Waals surface area (Å²) in [6.07, 6.45) is -8.43. The molecule has 0 bridgehead atoms. The minimum Gasteiger partial charge on any atom is -0.462 e. The van der Waals surface area contributed by atoms with Gasteiger partial charge in [0.05, 0.1) is 29.4 Å². The number of halogens is 5.